The van der Waals surface area contributed by atoms with E-state index >= 15 is 0 Å². The van der Waals surface area contributed by atoms with Crippen molar-refractivity contribution in [2.75, 3.05) is 25.5 Å². The van der Waals surface area contributed by atoms with E-state index < -0.39 is 0 Å². The van der Waals surface area contributed by atoms with Gasteiger partial charge >= 0.3 is 0 Å². The van der Waals surface area contributed by atoms with Crippen LogP contribution in [0.1, 0.15) is 52.5 Å². The van der Waals surface area contributed by atoms with E-state index in [0.717, 1.165) is 57.4 Å². The molecule has 2 aromatic rings. The maximum absolute atomic E-state index is 12.9. The Morgan fingerprint density at radius 2 is 1.89 bits per heavy atom. The van der Waals surface area contributed by atoms with Crippen LogP contribution in [0.3, 0.4) is 0 Å². The van der Waals surface area contributed by atoms with E-state index in [4.69, 9.17) is 4.74 Å². The lowest BCUT2D eigenvalue weighted by molar-refractivity contribution is 0.0786. The van der Waals surface area contributed by atoms with Crippen LogP contribution in [-0.2, 0) is 13.0 Å². The molecule has 0 aliphatic carbocycles. The summed E-state index contributed by atoms with van der Waals surface area (Å²) in [6.07, 6.45) is 4.85. The maximum atomic E-state index is 12.9. The summed E-state index contributed by atoms with van der Waals surface area (Å²) in [5.74, 6) is 0.642. The zero-order chi connectivity index (χ0) is 18.8. The van der Waals surface area contributed by atoms with Gasteiger partial charge in [0, 0.05) is 31.4 Å². The highest BCUT2D eigenvalue weighted by Gasteiger charge is 2.30. The van der Waals surface area contributed by atoms with Crippen molar-refractivity contribution < 1.29 is 14.3 Å². The van der Waals surface area contributed by atoms with Gasteiger partial charge in [-0.3, -0.25) is 9.59 Å². The summed E-state index contributed by atoms with van der Waals surface area (Å²) in [5, 5.41) is 2.88. The number of nitrogens with zero attached hydrogens (tertiary/aromatic N) is 3. The molecule has 0 bridgehead atoms. The van der Waals surface area contributed by atoms with Gasteiger partial charge < -0.3 is 19.5 Å². The molecule has 4 rings (SSSR count). The average Bonchev–Trinajstić information content (AvgIpc) is 3.36. The number of fused-ring (bicyclic) bond motifs is 1. The van der Waals surface area contributed by atoms with Gasteiger partial charge in [-0.25, -0.2) is 4.98 Å². The molecule has 1 aromatic heterocycles. The number of rotatable bonds is 4. The van der Waals surface area contributed by atoms with Gasteiger partial charge in [0.2, 0.25) is 0 Å². The lowest BCUT2D eigenvalue weighted by Gasteiger charge is -2.18. The van der Waals surface area contributed by atoms with Crippen LogP contribution in [0.4, 0.5) is 5.69 Å². The summed E-state index contributed by atoms with van der Waals surface area (Å²) in [6.45, 7) is 2.27. The van der Waals surface area contributed by atoms with Crippen LogP contribution >= 0.6 is 0 Å². The number of hydrogen-bond donors (Lipinski definition) is 1. The topological polar surface area (TPSA) is 76.5 Å². The summed E-state index contributed by atoms with van der Waals surface area (Å²) < 4.78 is 7.12. The van der Waals surface area contributed by atoms with Gasteiger partial charge in [0.05, 0.1) is 12.8 Å². The number of carbonyl (C=O) groups excluding carboxylic acids is 2. The van der Waals surface area contributed by atoms with E-state index in [1.54, 1.807) is 19.2 Å². The van der Waals surface area contributed by atoms with Crippen LogP contribution in [0.2, 0.25) is 0 Å². The quantitative estimate of drug-likeness (QED) is 0.900. The average molecular weight is 368 g/mol. The minimum Gasteiger partial charge on any atom is -0.497 e. The molecule has 0 unspecified atom stereocenters. The van der Waals surface area contributed by atoms with Gasteiger partial charge in [-0.1, -0.05) is 6.07 Å². The van der Waals surface area contributed by atoms with Crippen molar-refractivity contribution in [3.05, 3.63) is 41.5 Å². The number of imidazole rings is 1. The van der Waals surface area contributed by atoms with Gasteiger partial charge in [0.25, 0.3) is 11.8 Å². The third kappa shape index (κ3) is 3.41. The molecule has 1 aromatic carbocycles. The van der Waals surface area contributed by atoms with E-state index in [-0.39, 0.29) is 11.8 Å². The standard InChI is InChI=1S/C20H24N4O3/c1-27-15-8-6-7-14(13-15)21-19(25)18-22-17(16-9-2-3-12-24(16)18)20(26)23-10-4-5-11-23/h6-8,13H,2-5,9-12H2,1H3,(H,21,25). The molecular formula is C20H24N4O3. The molecule has 1 saturated heterocycles. The zero-order valence-corrected chi connectivity index (χ0v) is 15.5. The predicted molar refractivity (Wildman–Crippen MR) is 101 cm³/mol. The van der Waals surface area contributed by atoms with Crippen molar-refractivity contribution in [1.82, 2.24) is 14.5 Å². The fourth-order valence-corrected chi connectivity index (χ4v) is 3.85. The number of carbonyl (C=O) groups is 2. The molecule has 0 atom stereocenters. The number of amides is 2. The molecule has 3 heterocycles. The highest BCUT2D eigenvalue weighted by atomic mass is 16.5. The van der Waals surface area contributed by atoms with Crippen LogP contribution in [0.15, 0.2) is 24.3 Å². The molecule has 142 valence electrons. The normalized spacial score (nSPS) is 16.1. The van der Waals surface area contributed by atoms with Gasteiger partial charge in [0.1, 0.15) is 11.4 Å². The number of anilines is 1. The molecule has 0 radical (unpaired) electrons. The molecule has 2 aliphatic heterocycles. The largest absolute Gasteiger partial charge is 0.497 e. The number of aromatic nitrogens is 2. The second-order valence-corrected chi connectivity index (χ2v) is 7.02. The van der Waals surface area contributed by atoms with Gasteiger partial charge in [0.15, 0.2) is 5.82 Å². The highest BCUT2D eigenvalue weighted by molar-refractivity contribution is 6.03. The third-order valence-corrected chi connectivity index (χ3v) is 5.24. The van der Waals surface area contributed by atoms with Crippen molar-refractivity contribution in [1.29, 1.82) is 0 Å². The van der Waals surface area contributed by atoms with Crippen molar-refractivity contribution >= 4 is 17.5 Å². The molecular weight excluding hydrogens is 344 g/mol. The monoisotopic (exact) mass is 368 g/mol. The Labute approximate surface area is 158 Å². The van der Waals surface area contributed by atoms with Crippen LogP contribution in [-0.4, -0.2) is 46.5 Å². The predicted octanol–water partition coefficient (Wildman–Crippen LogP) is 2.72. The van der Waals surface area contributed by atoms with Gasteiger partial charge in [-0.2, -0.15) is 0 Å². The minimum atomic E-state index is -0.299. The van der Waals surface area contributed by atoms with Crippen LogP contribution in [0.5, 0.6) is 5.75 Å². The molecule has 1 fully saturated rings. The number of nitrogens with one attached hydrogen (secondary N) is 1. The molecule has 0 spiro atoms. The van der Waals surface area contributed by atoms with Gasteiger partial charge in [-0.15, -0.1) is 0 Å². The molecule has 2 amide bonds. The van der Waals surface area contributed by atoms with Crippen molar-refractivity contribution in [2.24, 2.45) is 0 Å². The van der Waals surface area contributed by atoms with Gasteiger partial charge in [-0.05, 0) is 44.2 Å². The fraction of sp³-hybridized carbons (Fsp3) is 0.450. The first kappa shape index (κ1) is 17.6. The van der Waals surface area contributed by atoms with Crippen LogP contribution in [0.25, 0.3) is 0 Å². The number of hydrogen-bond acceptors (Lipinski definition) is 4. The third-order valence-electron chi connectivity index (χ3n) is 5.24. The fourth-order valence-electron chi connectivity index (χ4n) is 3.85. The van der Waals surface area contributed by atoms with Crippen LogP contribution < -0.4 is 10.1 Å². The number of likely N-dealkylation sites (tertiary alicyclic amines) is 1. The second-order valence-electron chi connectivity index (χ2n) is 7.02. The molecule has 27 heavy (non-hydrogen) atoms. The summed E-state index contributed by atoms with van der Waals surface area (Å²) >= 11 is 0. The Bertz CT molecular complexity index is 868. The molecule has 7 heteroatoms. The van der Waals surface area contributed by atoms with Crippen molar-refractivity contribution in [2.45, 2.75) is 38.6 Å². The number of methoxy groups -OCH3 is 1. The first-order valence-corrected chi connectivity index (χ1v) is 9.51. The first-order valence-electron chi connectivity index (χ1n) is 9.51. The Balaban J connectivity index is 1.63. The lowest BCUT2D eigenvalue weighted by atomic mass is 10.1. The van der Waals surface area contributed by atoms with Crippen molar-refractivity contribution in [3.63, 3.8) is 0 Å². The second kappa shape index (κ2) is 7.42. The Morgan fingerprint density at radius 3 is 2.67 bits per heavy atom. The minimum absolute atomic E-state index is 0.0430. The van der Waals surface area contributed by atoms with E-state index in [1.165, 1.54) is 0 Å². The number of benzene rings is 1. The van der Waals surface area contributed by atoms with Crippen molar-refractivity contribution in [3.8, 4) is 5.75 Å². The summed E-state index contributed by atoms with van der Waals surface area (Å²) in [7, 11) is 1.59. The van der Waals surface area contributed by atoms with E-state index in [9.17, 15) is 9.59 Å². The molecule has 1 N–H and O–H groups in total. The Morgan fingerprint density at radius 1 is 1.11 bits per heavy atom. The summed E-state index contributed by atoms with van der Waals surface area (Å²) in [4.78, 5) is 32.1. The van der Waals surface area contributed by atoms with E-state index in [2.05, 4.69) is 10.3 Å². The maximum Gasteiger partial charge on any atom is 0.291 e. The summed E-state index contributed by atoms with van der Waals surface area (Å²) in [6, 6.07) is 7.20. The van der Waals surface area contributed by atoms with E-state index in [0.29, 0.717) is 23.0 Å². The SMILES string of the molecule is COc1cccc(NC(=O)c2nc(C(=O)N3CCCC3)c3n2CCCC3)c1. The Kier molecular flexibility index (Phi) is 4.83. The molecule has 0 saturated carbocycles. The summed E-state index contributed by atoms with van der Waals surface area (Å²) in [5.41, 5.74) is 1.99. The Hall–Kier alpha value is -2.83. The van der Waals surface area contributed by atoms with Crippen LogP contribution in [0, 0.1) is 0 Å². The smallest absolute Gasteiger partial charge is 0.291 e. The lowest BCUT2D eigenvalue weighted by Crippen LogP contribution is -2.29. The first-order chi connectivity index (χ1) is 13.2. The molecule has 7 nitrogen and oxygen atoms in total. The zero-order valence-electron chi connectivity index (χ0n) is 15.5. The highest BCUT2D eigenvalue weighted by Crippen LogP contribution is 2.25. The molecule has 2 aliphatic rings. The van der Waals surface area contributed by atoms with E-state index in [1.807, 2.05) is 21.6 Å². The number of ether oxygens (including phenoxy) is 1.